The third kappa shape index (κ3) is 3.88. The largest absolute Gasteiger partial charge is 0.489 e. The van der Waals surface area contributed by atoms with Crippen LogP contribution in [0.5, 0.6) is 5.75 Å². The Labute approximate surface area is 135 Å². The van der Waals surface area contributed by atoms with Gasteiger partial charge in [-0.1, -0.05) is 6.07 Å². The van der Waals surface area contributed by atoms with E-state index in [9.17, 15) is 22.8 Å². The average Bonchev–Trinajstić information content (AvgIpc) is 2.53. The predicted molar refractivity (Wildman–Crippen MR) is 76.3 cm³/mol. The second-order valence-corrected chi connectivity index (χ2v) is 5.24. The molecule has 1 saturated heterocycles. The third-order valence-electron chi connectivity index (χ3n) is 3.70. The van der Waals surface area contributed by atoms with Crippen molar-refractivity contribution in [2.75, 3.05) is 13.1 Å². The molecule has 0 unspecified atom stereocenters. The Bertz CT molecular complexity index is 628. The molecule has 0 atom stereocenters. The van der Waals surface area contributed by atoms with Gasteiger partial charge in [0.15, 0.2) is 0 Å². The second kappa shape index (κ2) is 6.95. The fourth-order valence-corrected chi connectivity index (χ4v) is 2.52. The number of amides is 2. The molecule has 10 heteroatoms. The van der Waals surface area contributed by atoms with Crippen molar-refractivity contribution in [3.63, 3.8) is 0 Å². The number of benzene rings is 1. The van der Waals surface area contributed by atoms with Gasteiger partial charge in [0.2, 0.25) is 0 Å². The molecule has 7 nitrogen and oxygen atoms in total. The van der Waals surface area contributed by atoms with E-state index in [2.05, 4.69) is 0 Å². The summed E-state index contributed by atoms with van der Waals surface area (Å²) >= 11 is 0. The number of carbonyl (C=O) groups is 2. The van der Waals surface area contributed by atoms with Crippen LogP contribution in [0, 0.1) is 0 Å². The molecule has 1 aliphatic rings. The number of carbonyl (C=O) groups excluding carboxylic acids is 1. The van der Waals surface area contributed by atoms with E-state index in [0.29, 0.717) is 12.8 Å². The summed E-state index contributed by atoms with van der Waals surface area (Å²) in [6.07, 6.45) is -5.67. The van der Waals surface area contributed by atoms with Gasteiger partial charge in [-0.15, -0.1) is 0 Å². The van der Waals surface area contributed by atoms with Gasteiger partial charge in [-0.25, -0.2) is 10.6 Å². The normalized spacial score (nSPS) is 15.9. The number of hydrogen-bond donors (Lipinski definition) is 3. The number of hydrogen-bond acceptors (Lipinski definition) is 4. The molecule has 24 heavy (non-hydrogen) atoms. The van der Waals surface area contributed by atoms with Crippen LogP contribution in [0.1, 0.15) is 28.8 Å². The summed E-state index contributed by atoms with van der Waals surface area (Å²) in [7, 11) is 0. The molecule has 1 heterocycles. The topological polar surface area (TPSA) is 105 Å². The minimum atomic E-state index is -4.74. The number of hydrazine groups is 1. The van der Waals surface area contributed by atoms with Crippen molar-refractivity contribution in [1.29, 1.82) is 0 Å². The highest BCUT2D eigenvalue weighted by atomic mass is 19.4. The van der Waals surface area contributed by atoms with E-state index in [4.69, 9.17) is 15.7 Å². The van der Waals surface area contributed by atoms with Gasteiger partial charge in [0, 0.05) is 25.9 Å². The fraction of sp³-hybridized carbons (Fsp3) is 0.429. The van der Waals surface area contributed by atoms with Crippen molar-refractivity contribution in [1.82, 2.24) is 10.3 Å². The van der Waals surface area contributed by atoms with E-state index in [0.717, 1.165) is 12.1 Å². The molecule has 1 aromatic rings. The lowest BCUT2D eigenvalue weighted by atomic mass is 10.0. The van der Waals surface area contributed by atoms with Crippen molar-refractivity contribution >= 4 is 12.0 Å². The van der Waals surface area contributed by atoms with Crippen LogP contribution in [-0.4, -0.2) is 41.2 Å². The number of alkyl halides is 3. The Hall–Kier alpha value is -2.49. The quantitative estimate of drug-likeness (QED) is 0.440. The summed E-state index contributed by atoms with van der Waals surface area (Å²) in [5.41, 5.74) is -0.146. The monoisotopic (exact) mass is 347 g/mol. The maximum absolute atomic E-state index is 13.1. The van der Waals surface area contributed by atoms with E-state index in [1.807, 2.05) is 0 Å². The summed E-state index contributed by atoms with van der Waals surface area (Å²) in [4.78, 5) is 23.8. The highest BCUT2D eigenvalue weighted by Crippen LogP contribution is 2.36. The lowest BCUT2D eigenvalue weighted by Crippen LogP contribution is -2.41. The smallest absolute Gasteiger partial charge is 0.417 e. The summed E-state index contributed by atoms with van der Waals surface area (Å²) in [5.74, 6) is 3.63. The van der Waals surface area contributed by atoms with E-state index < -0.39 is 35.4 Å². The highest BCUT2D eigenvalue weighted by Gasteiger charge is 2.37. The van der Waals surface area contributed by atoms with E-state index in [1.165, 1.54) is 11.0 Å². The maximum atomic E-state index is 13.1. The van der Waals surface area contributed by atoms with Crippen molar-refractivity contribution in [3.05, 3.63) is 29.3 Å². The van der Waals surface area contributed by atoms with E-state index in [1.54, 1.807) is 5.43 Å². The number of rotatable bonds is 3. The number of piperidine rings is 1. The molecule has 2 amide bonds. The Balaban J connectivity index is 2.24. The molecule has 0 bridgehead atoms. The van der Waals surface area contributed by atoms with Gasteiger partial charge in [0.1, 0.15) is 11.9 Å². The molecule has 1 fully saturated rings. The number of halogens is 3. The Morgan fingerprint density at radius 1 is 1.29 bits per heavy atom. The molecule has 1 aromatic carbocycles. The molecule has 2 rings (SSSR count). The maximum Gasteiger partial charge on any atom is 0.417 e. The van der Waals surface area contributed by atoms with Gasteiger partial charge in [0.25, 0.3) is 5.91 Å². The van der Waals surface area contributed by atoms with Crippen LogP contribution in [0.15, 0.2) is 18.2 Å². The third-order valence-corrected chi connectivity index (χ3v) is 3.70. The van der Waals surface area contributed by atoms with Crippen LogP contribution in [0.4, 0.5) is 18.0 Å². The van der Waals surface area contributed by atoms with E-state index in [-0.39, 0.29) is 18.8 Å². The van der Waals surface area contributed by atoms with Gasteiger partial charge in [-0.3, -0.25) is 10.2 Å². The van der Waals surface area contributed by atoms with Crippen LogP contribution >= 0.6 is 0 Å². The number of carboxylic acid groups (broad SMARTS) is 1. The molecule has 0 spiro atoms. The Kier molecular flexibility index (Phi) is 5.17. The number of likely N-dealkylation sites (tertiary alicyclic amines) is 1. The Morgan fingerprint density at radius 2 is 1.92 bits per heavy atom. The molecular weight excluding hydrogens is 331 g/mol. The SMILES string of the molecule is NNC(=O)c1c(OC2CCN(C(=O)O)CC2)cccc1C(F)(F)F. The zero-order valence-corrected chi connectivity index (χ0v) is 12.5. The van der Waals surface area contributed by atoms with E-state index >= 15 is 0 Å². The van der Waals surface area contributed by atoms with Crippen molar-refractivity contribution in [2.45, 2.75) is 25.1 Å². The van der Waals surface area contributed by atoms with Crippen LogP contribution in [0.2, 0.25) is 0 Å². The van der Waals surface area contributed by atoms with Gasteiger partial charge in [0.05, 0.1) is 11.1 Å². The first-order valence-electron chi connectivity index (χ1n) is 7.09. The zero-order chi connectivity index (χ0) is 17.9. The Morgan fingerprint density at radius 3 is 2.42 bits per heavy atom. The molecule has 4 N–H and O–H groups in total. The summed E-state index contributed by atoms with van der Waals surface area (Å²) in [6.45, 7) is 0.411. The van der Waals surface area contributed by atoms with Crippen molar-refractivity contribution < 1.29 is 32.6 Å². The first kappa shape index (κ1) is 17.9. The molecular formula is C14H16F3N3O4. The molecule has 1 aliphatic heterocycles. The van der Waals surface area contributed by atoms with Crippen LogP contribution in [-0.2, 0) is 6.18 Å². The van der Waals surface area contributed by atoms with Gasteiger partial charge < -0.3 is 14.7 Å². The molecule has 0 saturated carbocycles. The van der Waals surface area contributed by atoms with Gasteiger partial charge >= 0.3 is 12.3 Å². The minimum Gasteiger partial charge on any atom is -0.489 e. The lowest BCUT2D eigenvalue weighted by molar-refractivity contribution is -0.138. The molecule has 132 valence electrons. The molecule has 0 radical (unpaired) electrons. The van der Waals surface area contributed by atoms with Crippen molar-refractivity contribution in [3.8, 4) is 5.75 Å². The van der Waals surface area contributed by atoms with Crippen LogP contribution in [0.25, 0.3) is 0 Å². The number of nitrogens with two attached hydrogens (primary N) is 1. The highest BCUT2D eigenvalue weighted by molar-refractivity contribution is 5.98. The lowest BCUT2D eigenvalue weighted by Gasteiger charge is -2.31. The standard InChI is InChI=1S/C14H16F3N3O4/c15-14(16,17)9-2-1-3-10(11(9)12(21)19-18)24-8-4-6-20(7-5-8)13(22)23/h1-3,8H,4-7,18H2,(H,19,21)(H,22,23). The second-order valence-electron chi connectivity index (χ2n) is 5.24. The van der Waals surface area contributed by atoms with Gasteiger partial charge in [-0.2, -0.15) is 13.2 Å². The minimum absolute atomic E-state index is 0.206. The van der Waals surface area contributed by atoms with Crippen LogP contribution in [0.3, 0.4) is 0 Å². The van der Waals surface area contributed by atoms with Crippen LogP contribution < -0.4 is 16.0 Å². The average molecular weight is 347 g/mol. The number of nitrogen functional groups attached to an aromatic ring is 1. The number of nitrogens with one attached hydrogen (secondary N) is 1. The number of nitrogens with zero attached hydrogens (tertiary/aromatic N) is 1. The summed E-state index contributed by atoms with van der Waals surface area (Å²) < 4.78 is 44.8. The van der Waals surface area contributed by atoms with Crippen molar-refractivity contribution in [2.24, 2.45) is 5.84 Å². The fourth-order valence-electron chi connectivity index (χ4n) is 2.52. The number of ether oxygens (including phenoxy) is 1. The summed E-state index contributed by atoms with van der Waals surface area (Å²) in [6, 6.07) is 3.16. The summed E-state index contributed by atoms with van der Waals surface area (Å²) in [5, 5.41) is 8.88. The first-order valence-corrected chi connectivity index (χ1v) is 7.09. The van der Waals surface area contributed by atoms with Gasteiger partial charge in [-0.05, 0) is 12.1 Å². The zero-order valence-electron chi connectivity index (χ0n) is 12.5. The predicted octanol–water partition coefficient (Wildman–Crippen LogP) is 1.83. The first-order chi connectivity index (χ1) is 11.2. The molecule has 0 aromatic heterocycles. The molecule has 0 aliphatic carbocycles.